The summed E-state index contributed by atoms with van der Waals surface area (Å²) in [7, 11) is -4.32. The summed E-state index contributed by atoms with van der Waals surface area (Å²) in [6, 6.07) is 16.4. The highest BCUT2D eigenvalue weighted by Gasteiger charge is 2.29. The highest BCUT2D eigenvalue weighted by Crippen LogP contribution is 2.31. The van der Waals surface area contributed by atoms with Crippen molar-refractivity contribution in [1.82, 2.24) is 10.2 Å². The monoisotopic (exact) mass is 575 g/mol. The van der Waals surface area contributed by atoms with E-state index in [0.717, 1.165) is 12.1 Å². The smallest absolute Gasteiger partial charge is 0.295 e. The number of halogens is 2. The molecule has 206 valence electrons. The summed E-state index contributed by atoms with van der Waals surface area (Å²) in [4.78, 5) is 32.1. The average molecular weight is 576 g/mol. The van der Waals surface area contributed by atoms with Crippen LogP contribution in [0.1, 0.15) is 23.2 Å². The third-order valence-corrected chi connectivity index (χ3v) is 8.19. The molecular formula is C27H27ClFN3O6S. The highest BCUT2D eigenvalue weighted by atomic mass is 35.5. The third-order valence-electron chi connectivity index (χ3n) is 6.30. The number of likely N-dealkylation sites (tertiary alicyclic amines) is 1. The van der Waals surface area contributed by atoms with Gasteiger partial charge in [0, 0.05) is 25.3 Å². The van der Waals surface area contributed by atoms with Crippen molar-refractivity contribution in [2.75, 3.05) is 30.7 Å². The lowest BCUT2D eigenvalue weighted by molar-refractivity contribution is -0.131. The van der Waals surface area contributed by atoms with E-state index < -0.39 is 21.7 Å². The van der Waals surface area contributed by atoms with Crippen LogP contribution in [0.3, 0.4) is 0 Å². The summed E-state index contributed by atoms with van der Waals surface area (Å²) in [6.07, 6.45) is 1.42. The van der Waals surface area contributed by atoms with Crippen LogP contribution >= 0.6 is 11.6 Å². The average Bonchev–Trinajstić information content (AvgIpc) is 2.95. The quantitative estimate of drug-likeness (QED) is 0.377. The van der Waals surface area contributed by atoms with Crippen LogP contribution in [0.2, 0.25) is 5.02 Å². The summed E-state index contributed by atoms with van der Waals surface area (Å²) in [6.45, 7) is 0.946. The molecule has 3 aromatic carbocycles. The van der Waals surface area contributed by atoms with Gasteiger partial charge in [-0.25, -0.2) is 4.39 Å². The van der Waals surface area contributed by atoms with Crippen molar-refractivity contribution in [3.63, 3.8) is 0 Å². The molecule has 0 bridgehead atoms. The minimum atomic E-state index is -4.32. The van der Waals surface area contributed by atoms with Gasteiger partial charge in [-0.05, 0) is 73.4 Å². The van der Waals surface area contributed by atoms with Crippen LogP contribution in [0.15, 0.2) is 77.7 Å². The van der Waals surface area contributed by atoms with Crippen molar-refractivity contribution in [3.05, 3.63) is 89.2 Å². The Morgan fingerprint density at radius 2 is 1.72 bits per heavy atom. The molecule has 0 atom stereocenters. The van der Waals surface area contributed by atoms with E-state index in [1.807, 2.05) is 0 Å². The second kappa shape index (κ2) is 12.5. The number of hydrogen-bond acceptors (Lipinski definition) is 6. The molecule has 39 heavy (non-hydrogen) atoms. The number of para-hydroxylation sites is 1. The minimum absolute atomic E-state index is 0.0771. The number of sulfonamides is 1. The van der Waals surface area contributed by atoms with E-state index in [0.29, 0.717) is 30.4 Å². The van der Waals surface area contributed by atoms with Crippen LogP contribution < -0.4 is 14.6 Å². The molecule has 1 aliphatic rings. The van der Waals surface area contributed by atoms with Gasteiger partial charge in [0.1, 0.15) is 5.82 Å². The fraction of sp³-hybridized carbons (Fsp3) is 0.259. The van der Waals surface area contributed by atoms with Gasteiger partial charge in [-0.3, -0.25) is 9.59 Å². The standard InChI is InChI=1S/C27H27ClFN3O6S/c28-24-16-21(29)8-11-25(24)38-32(22-4-2-1-3-5-22)39(36,37)23-9-6-20(7-10-23)27(35)30-17-26(34)31-14-12-19(18-33)13-15-31/h1-11,16,19,33H,12-15,17-18H2,(H,30,35). The number of benzene rings is 3. The van der Waals surface area contributed by atoms with Gasteiger partial charge in [-0.2, -0.15) is 8.42 Å². The first-order chi connectivity index (χ1) is 18.7. The van der Waals surface area contributed by atoms with E-state index in [1.165, 1.54) is 42.5 Å². The van der Waals surface area contributed by atoms with Gasteiger partial charge >= 0.3 is 0 Å². The van der Waals surface area contributed by atoms with Crippen molar-refractivity contribution in [2.45, 2.75) is 17.7 Å². The molecule has 0 spiro atoms. The first kappa shape index (κ1) is 28.3. The molecule has 1 heterocycles. The van der Waals surface area contributed by atoms with Crippen LogP contribution in [-0.2, 0) is 14.8 Å². The zero-order chi connectivity index (χ0) is 28.0. The highest BCUT2D eigenvalue weighted by molar-refractivity contribution is 7.92. The summed E-state index contributed by atoms with van der Waals surface area (Å²) in [5, 5.41) is 11.7. The van der Waals surface area contributed by atoms with E-state index in [9.17, 15) is 27.5 Å². The number of rotatable bonds is 9. The maximum absolute atomic E-state index is 13.5. The Hall–Kier alpha value is -3.67. The largest absolute Gasteiger partial charge is 0.396 e. The SMILES string of the molecule is O=C(NCC(=O)N1CCC(CO)CC1)c1ccc(S(=O)(=O)N(Oc2ccc(F)cc2Cl)c2ccccc2)cc1. The van der Waals surface area contributed by atoms with Gasteiger partial charge in [0.25, 0.3) is 15.9 Å². The Kier molecular flexibility index (Phi) is 9.05. The van der Waals surface area contributed by atoms with Crippen LogP contribution in [0, 0.1) is 11.7 Å². The number of aliphatic hydroxyl groups is 1. The fourth-order valence-corrected chi connectivity index (χ4v) is 5.49. The van der Waals surface area contributed by atoms with Gasteiger partial charge in [0.2, 0.25) is 5.91 Å². The van der Waals surface area contributed by atoms with E-state index in [-0.39, 0.29) is 51.9 Å². The first-order valence-electron chi connectivity index (χ1n) is 12.2. The summed E-state index contributed by atoms with van der Waals surface area (Å²) < 4.78 is 41.3. The molecule has 12 heteroatoms. The maximum Gasteiger partial charge on any atom is 0.295 e. The number of carbonyl (C=O) groups excluding carboxylic acids is 2. The predicted octanol–water partition coefficient (Wildman–Crippen LogP) is 3.63. The van der Waals surface area contributed by atoms with E-state index in [1.54, 1.807) is 23.1 Å². The van der Waals surface area contributed by atoms with Gasteiger partial charge < -0.3 is 20.2 Å². The van der Waals surface area contributed by atoms with E-state index >= 15 is 0 Å². The number of anilines is 1. The van der Waals surface area contributed by atoms with Crippen LogP contribution in [-0.4, -0.2) is 56.5 Å². The molecule has 0 aliphatic carbocycles. The molecule has 9 nitrogen and oxygen atoms in total. The second-order valence-electron chi connectivity index (χ2n) is 8.95. The third kappa shape index (κ3) is 6.86. The molecule has 2 amide bonds. The molecule has 4 rings (SSSR count). The summed E-state index contributed by atoms with van der Waals surface area (Å²) >= 11 is 6.06. The van der Waals surface area contributed by atoms with Gasteiger partial charge in [-0.15, -0.1) is 0 Å². The number of hydrogen-bond donors (Lipinski definition) is 2. The van der Waals surface area contributed by atoms with Crippen LogP contribution in [0.25, 0.3) is 0 Å². The molecule has 1 aliphatic heterocycles. The summed E-state index contributed by atoms with van der Waals surface area (Å²) in [5.74, 6) is -1.26. The van der Waals surface area contributed by atoms with E-state index in [2.05, 4.69) is 5.32 Å². The topological polar surface area (TPSA) is 116 Å². The van der Waals surface area contributed by atoms with Crippen molar-refractivity contribution in [3.8, 4) is 5.75 Å². The number of piperidine rings is 1. The Morgan fingerprint density at radius 3 is 2.33 bits per heavy atom. The molecule has 1 fully saturated rings. The normalized spacial score (nSPS) is 14.1. The van der Waals surface area contributed by atoms with Crippen molar-refractivity contribution >= 4 is 39.1 Å². The number of nitrogens with zero attached hydrogens (tertiary/aromatic N) is 2. The Balaban J connectivity index is 1.47. The minimum Gasteiger partial charge on any atom is -0.396 e. The van der Waals surface area contributed by atoms with Gasteiger partial charge in [0.05, 0.1) is 22.2 Å². The molecule has 0 saturated carbocycles. The first-order valence-corrected chi connectivity index (χ1v) is 14.0. The number of amides is 2. The van der Waals surface area contributed by atoms with Crippen molar-refractivity contribution < 1.29 is 32.3 Å². The molecule has 1 saturated heterocycles. The van der Waals surface area contributed by atoms with Gasteiger partial charge in [0.15, 0.2) is 5.75 Å². The molecule has 3 aromatic rings. The maximum atomic E-state index is 13.5. The molecular weight excluding hydrogens is 549 g/mol. The summed E-state index contributed by atoms with van der Waals surface area (Å²) in [5.41, 5.74) is 0.329. The number of aliphatic hydroxyl groups excluding tert-OH is 1. The van der Waals surface area contributed by atoms with Gasteiger partial charge in [-0.1, -0.05) is 34.3 Å². The molecule has 0 radical (unpaired) electrons. The lowest BCUT2D eigenvalue weighted by atomic mass is 9.98. The van der Waals surface area contributed by atoms with Crippen LogP contribution in [0.5, 0.6) is 5.75 Å². The number of nitrogens with one attached hydrogen (secondary N) is 1. The Morgan fingerprint density at radius 1 is 1.05 bits per heavy atom. The van der Waals surface area contributed by atoms with E-state index in [4.69, 9.17) is 16.4 Å². The Labute approximate surface area is 230 Å². The van der Waals surface area contributed by atoms with Crippen LogP contribution in [0.4, 0.5) is 10.1 Å². The molecule has 2 N–H and O–H groups in total. The number of carbonyl (C=O) groups is 2. The molecule has 0 aromatic heterocycles. The van der Waals surface area contributed by atoms with Crippen molar-refractivity contribution in [2.24, 2.45) is 5.92 Å². The lowest BCUT2D eigenvalue weighted by Crippen LogP contribution is -2.44. The lowest BCUT2D eigenvalue weighted by Gasteiger charge is -2.31. The second-order valence-corrected chi connectivity index (χ2v) is 11.1. The zero-order valence-corrected chi connectivity index (χ0v) is 22.4. The van der Waals surface area contributed by atoms with Crippen molar-refractivity contribution in [1.29, 1.82) is 0 Å². The molecule has 0 unspecified atom stereocenters. The predicted molar refractivity (Wildman–Crippen MR) is 143 cm³/mol. The Bertz CT molecular complexity index is 1420. The fourth-order valence-electron chi connectivity index (χ4n) is 4.04. The zero-order valence-electron chi connectivity index (χ0n) is 20.8.